The van der Waals surface area contributed by atoms with E-state index in [2.05, 4.69) is 55.0 Å². The zero-order valence-electron chi connectivity index (χ0n) is 12.7. The van der Waals surface area contributed by atoms with Crippen molar-refractivity contribution >= 4 is 0 Å². The summed E-state index contributed by atoms with van der Waals surface area (Å²) >= 11 is 0. The topological polar surface area (TPSA) is 6.48 Å². The molecule has 2 heteroatoms. The van der Waals surface area contributed by atoms with Gasteiger partial charge in [0.25, 0.3) is 0 Å². The molecule has 19 heavy (non-hydrogen) atoms. The minimum absolute atomic E-state index is 0.727. The van der Waals surface area contributed by atoms with Crippen LogP contribution in [0.5, 0.6) is 0 Å². The second kappa shape index (κ2) is 7.06. The molecule has 0 saturated heterocycles. The number of hydrogen-bond donors (Lipinski definition) is 0. The molecule has 2 rings (SSSR count). The zero-order chi connectivity index (χ0) is 13.7. The Bertz CT molecular complexity index is 385. The molecular formula is C17H28N2. The molecule has 0 saturated carbocycles. The fourth-order valence-corrected chi connectivity index (χ4v) is 3.08. The second-order valence-corrected chi connectivity index (χ2v) is 5.67. The van der Waals surface area contributed by atoms with Gasteiger partial charge in [-0.15, -0.1) is 0 Å². The summed E-state index contributed by atoms with van der Waals surface area (Å²) in [6.45, 7) is 9.21. The Morgan fingerprint density at radius 1 is 1.05 bits per heavy atom. The van der Waals surface area contributed by atoms with Crippen LogP contribution in [-0.2, 0) is 12.8 Å². The highest BCUT2D eigenvalue weighted by molar-refractivity contribution is 5.30. The molecule has 2 nitrogen and oxygen atoms in total. The van der Waals surface area contributed by atoms with Crippen LogP contribution in [0, 0.1) is 0 Å². The number of nitrogens with zero attached hydrogens (tertiary/aromatic N) is 2. The maximum atomic E-state index is 2.56. The lowest BCUT2D eigenvalue weighted by Gasteiger charge is -2.33. The molecule has 0 aliphatic heterocycles. The number of likely N-dealkylation sites (N-methyl/N-ethyl adjacent to an activating group) is 2. The molecule has 1 aromatic rings. The maximum absolute atomic E-state index is 2.56. The predicted molar refractivity (Wildman–Crippen MR) is 82.7 cm³/mol. The molecule has 1 atom stereocenters. The van der Waals surface area contributed by atoms with Gasteiger partial charge >= 0.3 is 0 Å². The van der Waals surface area contributed by atoms with E-state index < -0.39 is 0 Å². The van der Waals surface area contributed by atoms with E-state index in [0.717, 1.165) is 19.1 Å². The largest absolute Gasteiger partial charge is 0.303 e. The first-order valence-electron chi connectivity index (χ1n) is 7.74. The lowest BCUT2D eigenvalue weighted by atomic mass is 9.88. The minimum Gasteiger partial charge on any atom is -0.303 e. The van der Waals surface area contributed by atoms with Crippen LogP contribution < -0.4 is 0 Å². The van der Waals surface area contributed by atoms with Gasteiger partial charge < -0.3 is 9.80 Å². The number of hydrogen-bond acceptors (Lipinski definition) is 2. The van der Waals surface area contributed by atoms with Crippen molar-refractivity contribution in [3.8, 4) is 0 Å². The van der Waals surface area contributed by atoms with Crippen LogP contribution >= 0.6 is 0 Å². The first kappa shape index (κ1) is 14.5. The van der Waals surface area contributed by atoms with Crippen molar-refractivity contribution in [3.05, 3.63) is 35.4 Å². The summed E-state index contributed by atoms with van der Waals surface area (Å²) in [5, 5.41) is 0. The third-order valence-corrected chi connectivity index (χ3v) is 4.61. The summed E-state index contributed by atoms with van der Waals surface area (Å²) < 4.78 is 0. The summed E-state index contributed by atoms with van der Waals surface area (Å²) in [5.41, 5.74) is 3.13. The molecule has 0 N–H and O–H groups in total. The van der Waals surface area contributed by atoms with Gasteiger partial charge in [0.05, 0.1) is 0 Å². The lowest BCUT2D eigenvalue weighted by molar-refractivity contribution is 0.184. The first-order chi connectivity index (χ1) is 9.24. The van der Waals surface area contributed by atoms with Crippen molar-refractivity contribution in [2.24, 2.45) is 0 Å². The van der Waals surface area contributed by atoms with Crippen LogP contribution in [0.1, 0.15) is 31.4 Å². The van der Waals surface area contributed by atoms with Crippen LogP contribution in [-0.4, -0.2) is 49.1 Å². The van der Waals surface area contributed by atoms with Crippen molar-refractivity contribution in [1.29, 1.82) is 0 Å². The lowest BCUT2D eigenvalue weighted by Crippen LogP contribution is -2.41. The van der Waals surface area contributed by atoms with E-state index in [9.17, 15) is 0 Å². The molecule has 0 fully saturated rings. The van der Waals surface area contributed by atoms with Gasteiger partial charge in [-0.25, -0.2) is 0 Å². The zero-order valence-corrected chi connectivity index (χ0v) is 12.7. The molecule has 0 aromatic heterocycles. The van der Waals surface area contributed by atoms with E-state index in [-0.39, 0.29) is 0 Å². The number of aryl methyl sites for hydroxylation is 1. The van der Waals surface area contributed by atoms with E-state index in [1.165, 1.54) is 32.4 Å². The molecule has 106 valence electrons. The summed E-state index contributed by atoms with van der Waals surface area (Å²) in [5.74, 6) is 0. The van der Waals surface area contributed by atoms with Crippen molar-refractivity contribution in [1.82, 2.24) is 9.80 Å². The minimum atomic E-state index is 0.727. The molecule has 0 spiro atoms. The van der Waals surface area contributed by atoms with E-state index in [1.54, 1.807) is 11.1 Å². The Kier molecular flexibility index (Phi) is 5.41. The SMILES string of the molecule is CCN(CC)CCN(C)C1CCc2ccccc2C1. The molecule has 0 bridgehead atoms. The van der Waals surface area contributed by atoms with Gasteiger partial charge in [-0.3, -0.25) is 0 Å². The molecule has 1 aromatic carbocycles. The van der Waals surface area contributed by atoms with Gasteiger partial charge in [0.1, 0.15) is 0 Å². The van der Waals surface area contributed by atoms with Gasteiger partial charge in [-0.05, 0) is 50.5 Å². The summed E-state index contributed by atoms with van der Waals surface area (Å²) in [7, 11) is 2.29. The van der Waals surface area contributed by atoms with E-state index in [1.807, 2.05) is 0 Å². The fraction of sp³-hybridized carbons (Fsp3) is 0.647. The highest BCUT2D eigenvalue weighted by Crippen LogP contribution is 2.23. The third kappa shape index (κ3) is 3.80. The molecular weight excluding hydrogens is 232 g/mol. The van der Waals surface area contributed by atoms with Crippen molar-refractivity contribution in [3.63, 3.8) is 0 Å². The average Bonchev–Trinajstić information content (AvgIpc) is 2.47. The van der Waals surface area contributed by atoms with Crippen molar-refractivity contribution < 1.29 is 0 Å². The van der Waals surface area contributed by atoms with Crippen LogP contribution in [0.3, 0.4) is 0 Å². The van der Waals surface area contributed by atoms with Crippen LogP contribution in [0.25, 0.3) is 0 Å². The predicted octanol–water partition coefficient (Wildman–Crippen LogP) is 2.82. The van der Waals surface area contributed by atoms with Gasteiger partial charge in [0.15, 0.2) is 0 Å². The Morgan fingerprint density at radius 3 is 2.42 bits per heavy atom. The monoisotopic (exact) mass is 260 g/mol. The summed E-state index contributed by atoms with van der Waals surface area (Å²) in [6, 6.07) is 9.67. The number of rotatable bonds is 6. The first-order valence-corrected chi connectivity index (χ1v) is 7.74. The Morgan fingerprint density at radius 2 is 1.74 bits per heavy atom. The van der Waals surface area contributed by atoms with Crippen LogP contribution in [0.4, 0.5) is 0 Å². The van der Waals surface area contributed by atoms with Gasteiger partial charge in [-0.1, -0.05) is 38.1 Å². The van der Waals surface area contributed by atoms with E-state index in [4.69, 9.17) is 0 Å². The van der Waals surface area contributed by atoms with Crippen molar-refractivity contribution in [2.45, 2.75) is 39.2 Å². The molecule has 1 aliphatic rings. The van der Waals surface area contributed by atoms with E-state index in [0.29, 0.717) is 0 Å². The smallest absolute Gasteiger partial charge is 0.0136 e. The highest BCUT2D eigenvalue weighted by atomic mass is 15.2. The highest BCUT2D eigenvalue weighted by Gasteiger charge is 2.21. The normalized spacial score (nSPS) is 18.9. The number of benzene rings is 1. The molecule has 0 amide bonds. The molecule has 0 radical (unpaired) electrons. The van der Waals surface area contributed by atoms with Crippen molar-refractivity contribution in [2.75, 3.05) is 33.2 Å². The van der Waals surface area contributed by atoms with Gasteiger partial charge in [0.2, 0.25) is 0 Å². The van der Waals surface area contributed by atoms with Gasteiger partial charge in [0, 0.05) is 19.1 Å². The van der Waals surface area contributed by atoms with Crippen LogP contribution in [0.15, 0.2) is 24.3 Å². The molecule has 1 unspecified atom stereocenters. The average molecular weight is 260 g/mol. The molecule has 1 aliphatic carbocycles. The Labute approximate surface area is 118 Å². The molecule has 0 heterocycles. The third-order valence-electron chi connectivity index (χ3n) is 4.61. The Hall–Kier alpha value is -0.860. The quantitative estimate of drug-likeness (QED) is 0.776. The standard InChI is InChI=1S/C17H28N2/c1-4-19(5-2)13-12-18(3)17-11-10-15-8-6-7-9-16(15)14-17/h6-9,17H,4-5,10-14H2,1-3H3. The number of fused-ring (bicyclic) bond motifs is 1. The summed E-state index contributed by atoms with van der Waals surface area (Å²) in [4.78, 5) is 5.07. The maximum Gasteiger partial charge on any atom is 0.0136 e. The van der Waals surface area contributed by atoms with E-state index >= 15 is 0 Å². The second-order valence-electron chi connectivity index (χ2n) is 5.67. The van der Waals surface area contributed by atoms with Crippen LogP contribution in [0.2, 0.25) is 0 Å². The Balaban J connectivity index is 1.86. The summed E-state index contributed by atoms with van der Waals surface area (Å²) in [6.07, 6.45) is 3.78. The van der Waals surface area contributed by atoms with Gasteiger partial charge in [-0.2, -0.15) is 0 Å². The fourth-order valence-electron chi connectivity index (χ4n) is 3.08.